The summed E-state index contributed by atoms with van der Waals surface area (Å²) in [5, 5.41) is -1.28. The molecule has 0 aromatic heterocycles. The largest absolute Gasteiger partial charge is 0.222 e. The molecule has 0 aliphatic carbocycles. The van der Waals surface area contributed by atoms with Gasteiger partial charge in [0.1, 0.15) is 0 Å². The fraction of sp³-hybridized carbons (Fsp3) is 0.333. The van der Waals surface area contributed by atoms with Crippen LogP contribution in [-0.4, -0.2) is 14.7 Å². The second-order valence-corrected chi connectivity index (χ2v) is 3.11. The lowest BCUT2D eigenvalue weighted by atomic mass is 11.2. The molecule has 4 heteroatoms. The molecule has 42 valence electrons. The van der Waals surface area contributed by atoms with Crippen LogP contribution in [0.2, 0.25) is 0 Å². The Labute approximate surface area is 41.6 Å². The Morgan fingerprint density at radius 1 is 1.71 bits per heavy atom. The molecule has 0 spiro atoms. The maximum absolute atomic E-state index is 11.4. The minimum atomic E-state index is -3.60. The van der Waals surface area contributed by atoms with Crippen molar-refractivity contribution in [2.24, 2.45) is 0 Å². The maximum Gasteiger partial charge on any atom is 0.207 e. The highest BCUT2D eigenvalue weighted by atomic mass is 32.2. The minimum Gasteiger partial charge on any atom is -0.222 e. The van der Waals surface area contributed by atoms with Crippen molar-refractivity contribution in [2.45, 2.75) is 0 Å². The molecule has 2 nitrogen and oxygen atoms in total. The van der Waals surface area contributed by atoms with Crippen LogP contribution in [0.25, 0.3) is 0 Å². The second kappa shape index (κ2) is 1.61. The third kappa shape index (κ3) is 2.33. The lowest BCUT2D eigenvalue weighted by Crippen LogP contribution is -1.92. The van der Waals surface area contributed by atoms with Crippen molar-refractivity contribution in [1.82, 2.24) is 0 Å². The molecule has 0 aliphatic rings. The predicted molar refractivity (Wildman–Crippen MR) is 25.1 cm³/mol. The normalized spacial score (nSPS) is 11.1. The highest BCUT2D eigenvalue weighted by molar-refractivity contribution is 7.94. The van der Waals surface area contributed by atoms with Crippen LogP contribution >= 0.6 is 0 Å². The van der Waals surface area contributed by atoms with Gasteiger partial charge in [-0.1, -0.05) is 6.58 Å². The minimum absolute atomic E-state index is 0.759. The Morgan fingerprint density at radius 2 is 1.86 bits per heavy atom. The SMILES string of the molecule is C=C(F)S(C)(=O)=O. The van der Waals surface area contributed by atoms with Crippen molar-refractivity contribution in [2.75, 3.05) is 6.26 Å². The molecule has 0 rings (SSSR count). The summed E-state index contributed by atoms with van der Waals surface area (Å²) in [4.78, 5) is 0. The van der Waals surface area contributed by atoms with Gasteiger partial charge in [0.15, 0.2) is 0 Å². The molecular formula is C3H5FO2S. The summed E-state index contributed by atoms with van der Waals surface area (Å²) in [6, 6.07) is 0. The van der Waals surface area contributed by atoms with E-state index in [-0.39, 0.29) is 0 Å². The number of halogens is 1. The standard InChI is InChI=1S/C3H5FO2S/c1-3(4)7(2,5)6/h1H2,2H3. The van der Waals surface area contributed by atoms with Gasteiger partial charge in [-0.25, -0.2) is 8.42 Å². The molecule has 7 heavy (non-hydrogen) atoms. The van der Waals surface area contributed by atoms with Crippen molar-refractivity contribution in [3.8, 4) is 0 Å². The van der Waals surface area contributed by atoms with Crippen LogP contribution in [0.3, 0.4) is 0 Å². The smallest absolute Gasteiger partial charge is 0.207 e. The zero-order valence-electron chi connectivity index (χ0n) is 3.81. The van der Waals surface area contributed by atoms with E-state index >= 15 is 0 Å². The van der Waals surface area contributed by atoms with E-state index in [1.807, 2.05) is 0 Å². The summed E-state index contributed by atoms with van der Waals surface area (Å²) < 4.78 is 31.1. The number of hydrogen-bond donors (Lipinski definition) is 0. The third-order valence-corrected chi connectivity index (χ3v) is 1.21. The van der Waals surface area contributed by atoms with Gasteiger partial charge in [-0.2, -0.15) is 4.39 Å². The molecule has 0 unspecified atom stereocenters. The van der Waals surface area contributed by atoms with Gasteiger partial charge in [0.2, 0.25) is 15.0 Å². The average molecular weight is 124 g/mol. The molecule has 0 aromatic carbocycles. The summed E-state index contributed by atoms with van der Waals surface area (Å²) in [6.07, 6.45) is 0.759. The van der Waals surface area contributed by atoms with Crippen LogP contribution < -0.4 is 0 Å². The molecule has 0 bridgehead atoms. The lowest BCUT2D eigenvalue weighted by molar-refractivity contribution is 0.584. The summed E-state index contributed by atoms with van der Waals surface area (Å²) >= 11 is 0. The van der Waals surface area contributed by atoms with E-state index < -0.39 is 15.0 Å². The first-order chi connectivity index (χ1) is 2.94. The van der Waals surface area contributed by atoms with E-state index in [1.54, 1.807) is 0 Å². The van der Waals surface area contributed by atoms with Gasteiger partial charge >= 0.3 is 0 Å². The van der Waals surface area contributed by atoms with Gasteiger partial charge in [0.05, 0.1) is 0 Å². The molecule has 0 aliphatic heterocycles. The van der Waals surface area contributed by atoms with Crippen molar-refractivity contribution >= 4 is 9.84 Å². The quantitative estimate of drug-likeness (QED) is 0.509. The Kier molecular flexibility index (Phi) is 1.53. The maximum atomic E-state index is 11.4. The fourth-order valence-corrected chi connectivity index (χ4v) is 0. The molecular weight excluding hydrogens is 119 g/mol. The van der Waals surface area contributed by atoms with E-state index in [1.165, 1.54) is 0 Å². The van der Waals surface area contributed by atoms with Gasteiger partial charge < -0.3 is 0 Å². The van der Waals surface area contributed by atoms with E-state index in [0.29, 0.717) is 0 Å². The Hall–Kier alpha value is -0.380. The first-order valence-electron chi connectivity index (χ1n) is 1.49. The molecule has 0 atom stereocenters. The van der Waals surface area contributed by atoms with Crippen molar-refractivity contribution < 1.29 is 12.8 Å². The third-order valence-electron chi connectivity index (χ3n) is 0.402. The zero-order valence-corrected chi connectivity index (χ0v) is 4.63. The van der Waals surface area contributed by atoms with Gasteiger partial charge in [0, 0.05) is 6.26 Å². The molecule has 0 amide bonds. The van der Waals surface area contributed by atoms with E-state index in [4.69, 9.17) is 0 Å². The molecule has 0 heterocycles. The van der Waals surface area contributed by atoms with Crippen LogP contribution in [0.5, 0.6) is 0 Å². The topological polar surface area (TPSA) is 34.1 Å². The molecule has 0 saturated heterocycles. The van der Waals surface area contributed by atoms with Crippen LogP contribution in [-0.2, 0) is 9.84 Å². The summed E-state index contributed by atoms with van der Waals surface area (Å²) in [5.74, 6) is 0. The second-order valence-electron chi connectivity index (χ2n) is 1.13. The number of sulfone groups is 1. The molecule has 0 radical (unpaired) electrons. The van der Waals surface area contributed by atoms with Crippen molar-refractivity contribution in [3.05, 3.63) is 11.7 Å². The number of hydrogen-bond acceptors (Lipinski definition) is 2. The summed E-state index contributed by atoms with van der Waals surface area (Å²) in [6.45, 7) is 2.57. The molecule has 0 fully saturated rings. The van der Waals surface area contributed by atoms with Crippen molar-refractivity contribution in [3.63, 3.8) is 0 Å². The molecule has 0 N–H and O–H groups in total. The van der Waals surface area contributed by atoms with Crippen LogP contribution in [0.4, 0.5) is 4.39 Å². The van der Waals surface area contributed by atoms with Crippen LogP contribution in [0, 0.1) is 0 Å². The van der Waals surface area contributed by atoms with Gasteiger partial charge in [0.25, 0.3) is 0 Å². The lowest BCUT2D eigenvalue weighted by Gasteiger charge is -1.83. The fourth-order valence-electron chi connectivity index (χ4n) is 0. The van der Waals surface area contributed by atoms with Gasteiger partial charge in [-0.05, 0) is 0 Å². The highest BCUT2D eigenvalue weighted by Gasteiger charge is 2.03. The van der Waals surface area contributed by atoms with E-state index in [0.717, 1.165) is 6.26 Å². The van der Waals surface area contributed by atoms with Gasteiger partial charge in [-0.15, -0.1) is 0 Å². The Morgan fingerprint density at radius 3 is 1.86 bits per heavy atom. The Bertz CT molecular complexity index is 167. The molecule has 0 aromatic rings. The zero-order chi connectivity index (χ0) is 6.08. The first kappa shape index (κ1) is 6.62. The van der Waals surface area contributed by atoms with Crippen LogP contribution in [0.1, 0.15) is 0 Å². The monoisotopic (exact) mass is 124 g/mol. The van der Waals surface area contributed by atoms with Crippen molar-refractivity contribution in [1.29, 1.82) is 0 Å². The number of rotatable bonds is 1. The van der Waals surface area contributed by atoms with Crippen LogP contribution in [0.15, 0.2) is 11.7 Å². The predicted octanol–water partition coefficient (Wildman–Crippen LogP) is 0.472. The highest BCUT2D eigenvalue weighted by Crippen LogP contribution is 1.98. The summed E-state index contributed by atoms with van der Waals surface area (Å²) in [5.41, 5.74) is 0. The summed E-state index contributed by atoms with van der Waals surface area (Å²) in [7, 11) is -3.60. The van der Waals surface area contributed by atoms with E-state index in [2.05, 4.69) is 6.58 Å². The first-order valence-corrected chi connectivity index (χ1v) is 3.38. The van der Waals surface area contributed by atoms with Gasteiger partial charge in [-0.3, -0.25) is 0 Å². The van der Waals surface area contributed by atoms with E-state index in [9.17, 15) is 12.8 Å². The molecule has 0 saturated carbocycles. The Balaban J connectivity index is 4.43. The average Bonchev–Trinajstić information content (AvgIpc) is 1.31.